The third kappa shape index (κ3) is 3.51. The smallest absolute Gasteiger partial charge is 0.264 e. The molecule has 126 valence electrons. The molecule has 1 fully saturated rings. The van der Waals surface area contributed by atoms with Gasteiger partial charge in [0.05, 0.1) is 4.88 Å². The summed E-state index contributed by atoms with van der Waals surface area (Å²) in [4.78, 5) is 30.6. The summed E-state index contributed by atoms with van der Waals surface area (Å²) in [5, 5.41) is 0. The molecule has 0 bridgehead atoms. The molecule has 2 aromatic rings. The van der Waals surface area contributed by atoms with E-state index in [1.807, 2.05) is 53.1 Å². The van der Waals surface area contributed by atoms with Crippen molar-refractivity contribution < 1.29 is 9.59 Å². The molecule has 0 spiro atoms. The van der Waals surface area contributed by atoms with Crippen molar-refractivity contribution >= 4 is 23.2 Å². The fourth-order valence-electron chi connectivity index (χ4n) is 2.88. The summed E-state index contributed by atoms with van der Waals surface area (Å²) in [5.41, 5.74) is 1.95. The number of piperazine rings is 1. The average Bonchev–Trinajstić information content (AvgIpc) is 3.07. The number of nitrogens with zero attached hydrogens (tertiary/aromatic N) is 2. The Kier molecular flexibility index (Phi) is 5.00. The van der Waals surface area contributed by atoms with Gasteiger partial charge in [-0.25, -0.2) is 0 Å². The van der Waals surface area contributed by atoms with Crippen LogP contribution in [0.2, 0.25) is 0 Å². The second-order valence-electron chi connectivity index (χ2n) is 6.05. The van der Waals surface area contributed by atoms with Gasteiger partial charge in [0.25, 0.3) is 11.8 Å². The van der Waals surface area contributed by atoms with Gasteiger partial charge in [0.15, 0.2) is 0 Å². The van der Waals surface area contributed by atoms with Gasteiger partial charge in [0.1, 0.15) is 0 Å². The molecule has 0 aliphatic carbocycles. The van der Waals surface area contributed by atoms with Crippen molar-refractivity contribution in [2.75, 3.05) is 26.2 Å². The molecule has 1 aromatic carbocycles. The first-order chi connectivity index (χ1) is 11.6. The number of aryl methyl sites for hydroxylation is 2. The Bertz CT molecular complexity index is 728. The van der Waals surface area contributed by atoms with Crippen LogP contribution in [-0.2, 0) is 6.42 Å². The Morgan fingerprint density at radius 1 is 0.917 bits per heavy atom. The van der Waals surface area contributed by atoms with E-state index in [0.29, 0.717) is 26.2 Å². The van der Waals surface area contributed by atoms with E-state index in [9.17, 15) is 9.59 Å². The maximum atomic E-state index is 12.6. The number of hydrogen-bond acceptors (Lipinski definition) is 3. The molecule has 0 unspecified atom stereocenters. The SMILES string of the molecule is CCc1ccc(C(=O)N2CCN(C(=O)c3ccc(C)s3)CC2)cc1. The molecule has 5 heteroatoms. The van der Waals surface area contributed by atoms with E-state index >= 15 is 0 Å². The third-order valence-corrected chi connectivity index (χ3v) is 5.40. The van der Waals surface area contributed by atoms with E-state index in [0.717, 1.165) is 21.7 Å². The van der Waals surface area contributed by atoms with Gasteiger partial charge in [-0.3, -0.25) is 9.59 Å². The van der Waals surface area contributed by atoms with E-state index in [-0.39, 0.29) is 11.8 Å². The minimum atomic E-state index is 0.0525. The van der Waals surface area contributed by atoms with Gasteiger partial charge in [0, 0.05) is 36.6 Å². The Morgan fingerprint density at radius 3 is 2.00 bits per heavy atom. The van der Waals surface area contributed by atoms with Gasteiger partial charge in [-0.15, -0.1) is 11.3 Å². The summed E-state index contributed by atoms with van der Waals surface area (Å²) in [7, 11) is 0. The van der Waals surface area contributed by atoms with Crippen molar-refractivity contribution in [1.29, 1.82) is 0 Å². The molecule has 0 saturated carbocycles. The zero-order valence-electron chi connectivity index (χ0n) is 14.1. The third-order valence-electron chi connectivity index (χ3n) is 4.41. The molecule has 1 aliphatic rings. The van der Waals surface area contributed by atoms with E-state index in [1.54, 1.807) is 0 Å². The van der Waals surface area contributed by atoms with Crippen molar-refractivity contribution in [2.24, 2.45) is 0 Å². The first-order valence-electron chi connectivity index (χ1n) is 8.32. The number of carbonyl (C=O) groups is 2. The van der Waals surface area contributed by atoms with Gasteiger partial charge in [-0.1, -0.05) is 19.1 Å². The van der Waals surface area contributed by atoms with Crippen LogP contribution in [0.4, 0.5) is 0 Å². The lowest BCUT2D eigenvalue weighted by atomic mass is 10.1. The minimum absolute atomic E-state index is 0.0525. The minimum Gasteiger partial charge on any atom is -0.335 e. The highest BCUT2D eigenvalue weighted by molar-refractivity contribution is 7.13. The monoisotopic (exact) mass is 342 g/mol. The topological polar surface area (TPSA) is 40.6 Å². The molecule has 3 rings (SSSR count). The average molecular weight is 342 g/mol. The van der Waals surface area contributed by atoms with Crippen LogP contribution in [0.3, 0.4) is 0 Å². The summed E-state index contributed by atoms with van der Waals surface area (Å²) in [5.74, 6) is 0.129. The number of carbonyl (C=O) groups excluding carboxylic acids is 2. The van der Waals surface area contributed by atoms with Crippen LogP contribution in [0.1, 0.15) is 37.4 Å². The predicted octanol–water partition coefficient (Wildman–Crippen LogP) is 3.22. The van der Waals surface area contributed by atoms with E-state index in [2.05, 4.69) is 6.92 Å². The largest absolute Gasteiger partial charge is 0.335 e. The Morgan fingerprint density at radius 2 is 1.50 bits per heavy atom. The van der Waals surface area contributed by atoms with Crippen LogP contribution >= 0.6 is 11.3 Å². The number of amides is 2. The van der Waals surface area contributed by atoms with Crippen molar-refractivity contribution in [3.8, 4) is 0 Å². The van der Waals surface area contributed by atoms with Crippen LogP contribution in [-0.4, -0.2) is 47.8 Å². The summed E-state index contributed by atoms with van der Waals surface area (Å²) in [6.07, 6.45) is 0.970. The van der Waals surface area contributed by atoms with Crippen molar-refractivity contribution in [1.82, 2.24) is 9.80 Å². The lowest BCUT2D eigenvalue weighted by Gasteiger charge is -2.34. The molecule has 1 aromatic heterocycles. The lowest BCUT2D eigenvalue weighted by Crippen LogP contribution is -2.50. The van der Waals surface area contributed by atoms with Crippen LogP contribution in [0.5, 0.6) is 0 Å². The highest BCUT2D eigenvalue weighted by Gasteiger charge is 2.26. The summed E-state index contributed by atoms with van der Waals surface area (Å²) >= 11 is 1.53. The highest BCUT2D eigenvalue weighted by atomic mass is 32.1. The quantitative estimate of drug-likeness (QED) is 0.859. The lowest BCUT2D eigenvalue weighted by molar-refractivity contribution is 0.0538. The second-order valence-corrected chi connectivity index (χ2v) is 7.33. The molecule has 1 saturated heterocycles. The highest BCUT2D eigenvalue weighted by Crippen LogP contribution is 2.18. The van der Waals surface area contributed by atoms with Crippen LogP contribution in [0, 0.1) is 6.92 Å². The molecule has 0 radical (unpaired) electrons. The zero-order chi connectivity index (χ0) is 17.1. The maximum Gasteiger partial charge on any atom is 0.264 e. The molecule has 2 amide bonds. The molecular weight excluding hydrogens is 320 g/mol. The molecule has 0 N–H and O–H groups in total. The molecule has 1 aliphatic heterocycles. The Labute approximate surface area is 146 Å². The van der Waals surface area contributed by atoms with E-state index < -0.39 is 0 Å². The number of rotatable bonds is 3. The number of hydrogen-bond donors (Lipinski definition) is 0. The molecule has 24 heavy (non-hydrogen) atoms. The summed E-state index contributed by atoms with van der Waals surface area (Å²) in [6, 6.07) is 11.7. The second kappa shape index (κ2) is 7.18. The Hall–Kier alpha value is -2.14. The van der Waals surface area contributed by atoms with Crippen LogP contribution < -0.4 is 0 Å². The molecule has 4 nitrogen and oxygen atoms in total. The van der Waals surface area contributed by atoms with Crippen LogP contribution in [0.15, 0.2) is 36.4 Å². The summed E-state index contributed by atoms with van der Waals surface area (Å²) < 4.78 is 0. The standard InChI is InChI=1S/C19H22N2O2S/c1-3-15-5-7-16(8-6-15)18(22)20-10-12-21(13-11-20)19(23)17-9-4-14(2)24-17/h4-9H,3,10-13H2,1-2H3. The first kappa shape index (κ1) is 16.7. The fourth-order valence-corrected chi connectivity index (χ4v) is 3.72. The Balaban J connectivity index is 1.59. The van der Waals surface area contributed by atoms with Gasteiger partial charge in [-0.05, 0) is 43.2 Å². The number of benzene rings is 1. The van der Waals surface area contributed by atoms with E-state index in [4.69, 9.17) is 0 Å². The van der Waals surface area contributed by atoms with Gasteiger partial charge in [0.2, 0.25) is 0 Å². The van der Waals surface area contributed by atoms with Crippen LogP contribution in [0.25, 0.3) is 0 Å². The predicted molar refractivity (Wildman–Crippen MR) is 96.7 cm³/mol. The normalized spacial score (nSPS) is 14.8. The number of thiophene rings is 1. The van der Waals surface area contributed by atoms with Crippen molar-refractivity contribution in [3.05, 3.63) is 57.3 Å². The van der Waals surface area contributed by atoms with Gasteiger partial charge < -0.3 is 9.80 Å². The van der Waals surface area contributed by atoms with Gasteiger partial charge in [-0.2, -0.15) is 0 Å². The maximum absolute atomic E-state index is 12.6. The van der Waals surface area contributed by atoms with Crippen molar-refractivity contribution in [2.45, 2.75) is 20.3 Å². The van der Waals surface area contributed by atoms with E-state index in [1.165, 1.54) is 16.9 Å². The molecule has 2 heterocycles. The zero-order valence-corrected chi connectivity index (χ0v) is 14.9. The summed E-state index contributed by atoms with van der Waals surface area (Å²) in [6.45, 7) is 6.46. The van der Waals surface area contributed by atoms with Gasteiger partial charge >= 0.3 is 0 Å². The molecular formula is C19H22N2O2S. The first-order valence-corrected chi connectivity index (χ1v) is 9.14. The molecule has 0 atom stereocenters. The van der Waals surface area contributed by atoms with Crippen molar-refractivity contribution in [3.63, 3.8) is 0 Å². The fraction of sp³-hybridized carbons (Fsp3) is 0.368.